The minimum absolute atomic E-state index is 0.137. The van der Waals surface area contributed by atoms with Gasteiger partial charge in [-0.3, -0.25) is 4.79 Å². The molecule has 0 spiro atoms. The molecule has 0 amide bonds. The number of nitrogens with one attached hydrogen (secondary N) is 1. The van der Waals surface area contributed by atoms with Gasteiger partial charge in [-0.05, 0) is 86.0 Å². The molecule has 12 heteroatoms. The zero-order valence-electron chi connectivity index (χ0n) is 22.4. The average molecular weight is 559 g/mol. The number of imidazole rings is 1. The van der Waals surface area contributed by atoms with E-state index < -0.39 is 11.6 Å². The number of ether oxygens (including phenoxy) is 1. The van der Waals surface area contributed by atoms with Crippen LogP contribution in [0.25, 0.3) is 28.2 Å². The van der Waals surface area contributed by atoms with Crippen LogP contribution in [0.3, 0.4) is 0 Å². The lowest BCUT2D eigenvalue weighted by molar-refractivity contribution is 0.00591. The zero-order chi connectivity index (χ0) is 28.2. The van der Waals surface area contributed by atoms with E-state index in [1.54, 1.807) is 44.3 Å². The van der Waals surface area contributed by atoms with Gasteiger partial charge in [0.1, 0.15) is 23.4 Å². The Balaban J connectivity index is 1.32. The predicted molar refractivity (Wildman–Crippen MR) is 148 cm³/mol. The summed E-state index contributed by atoms with van der Waals surface area (Å²) in [6.45, 7) is 5.51. The van der Waals surface area contributed by atoms with Crippen molar-refractivity contribution in [3.63, 3.8) is 0 Å². The molecule has 0 saturated carbocycles. The second kappa shape index (κ2) is 9.60. The van der Waals surface area contributed by atoms with Gasteiger partial charge < -0.3 is 18.9 Å². The third-order valence-corrected chi connectivity index (χ3v) is 7.15. The number of halogens is 1. The van der Waals surface area contributed by atoms with E-state index in [0.717, 1.165) is 40.3 Å². The Morgan fingerprint density at radius 2 is 1.98 bits per heavy atom. The topological polar surface area (TPSA) is 126 Å². The van der Waals surface area contributed by atoms with E-state index in [9.17, 15) is 9.59 Å². The molecule has 4 aromatic heterocycles. The Kier molecular flexibility index (Phi) is 6.18. The van der Waals surface area contributed by atoms with Crippen LogP contribution in [-0.2, 0) is 18.2 Å². The highest BCUT2D eigenvalue weighted by atomic mass is 35.5. The molecule has 6 rings (SSSR count). The van der Waals surface area contributed by atoms with E-state index in [1.165, 1.54) is 6.33 Å². The zero-order valence-corrected chi connectivity index (χ0v) is 23.2. The molecule has 5 aromatic rings. The third-order valence-electron chi connectivity index (χ3n) is 6.92. The molecule has 1 atom stereocenters. The van der Waals surface area contributed by atoms with E-state index >= 15 is 0 Å². The molecule has 1 aromatic carbocycles. The van der Waals surface area contributed by atoms with Crippen molar-refractivity contribution in [2.75, 3.05) is 0 Å². The van der Waals surface area contributed by atoms with Crippen LogP contribution in [-0.4, -0.2) is 50.9 Å². The molecule has 0 unspecified atom stereocenters. The first-order valence-electron chi connectivity index (χ1n) is 12.8. The minimum Gasteiger partial charge on any atom is -0.455 e. The molecule has 1 N–H and O–H groups in total. The first kappa shape index (κ1) is 25.8. The van der Waals surface area contributed by atoms with Crippen molar-refractivity contribution >= 4 is 17.6 Å². The molecule has 0 aliphatic carbocycles. The number of nitrogens with zero attached hydrogens (tertiary/aromatic N) is 7. The first-order valence-corrected chi connectivity index (χ1v) is 13.2. The predicted octanol–water partition coefficient (Wildman–Crippen LogP) is 4.36. The number of pyridine rings is 1. The van der Waals surface area contributed by atoms with Crippen LogP contribution < -0.4 is 5.56 Å². The van der Waals surface area contributed by atoms with Crippen LogP contribution >= 0.6 is 11.6 Å². The Morgan fingerprint density at radius 1 is 1.15 bits per heavy atom. The van der Waals surface area contributed by atoms with E-state index in [4.69, 9.17) is 16.3 Å². The summed E-state index contributed by atoms with van der Waals surface area (Å²) >= 11 is 6.32. The Bertz CT molecular complexity index is 1790. The Morgan fingerprint density at radius 3 is 2.73 bits per heavy atom. The smallest absolute Gasteiger partial charge is 0.355 e. The fourth-order valence-corrected chi connectivity index (χ4v) is 5.35. The summed E-state index contributed by atoms with van der Waals surface area (Å²) < 4.78 is 10.6. The number of rotatable bonds is 5. The van der Waals surface area contributed by atoms with Crippen molar-refractivity contribution in [3.05, 3.63) is 87.6 Å². The lowest BCUT2D eigenvalue weighted by atomic mass is 10.0. The number of tetrazole rings is 1. The largest absolute Gasteiger partial charge is 0.455 e. The molecule has 40 heavy (non-hydrogen) atoms. The normalized spacial score (nSPS) is 14.9. The summed E-state index contributed by atoms with van der Waals surface area (Å²) in [7, 11) is 1.81. The van der Waals surface area contributed by atoms with Gasteiger partial charge in [-0.2, -0.15) is 4.68 Å². The number of H-pyrrole nitrogens is 1. The monoisotopic (exact) mass is 558 g/mol. The highest BCUT2D eigenvalue weighted by Gasteiger charge is 2.29. The second-order valence-corrected chi connectivity index (χ2v) is 11.2. The molecule has 1 aliphatic rings. The first-order chi connectivity index (χ1) is 19.1. The van der Waals surface area contributed by atoms with Gasteiger partial charge in [-0.15, -0.1) is 5.10 Å². The molecule has 0 saturated heterocycles. The van der Waals surface area contributed by atoms with Crippen molar-refractivity contribution < 1.29 is 9.53 Å². The maximum Gasteiger partial charge on any atom is 0.355 e. The van der Waals surface area contributed by atoms with Crippen LogP contribution in [0.2, 0.25) is 5.02 Å². The van der Waals surface area contributed by atoms with Crippen LogP contribution in [0.5, 0.6) is 0 Å². The van der Waals surface area contributed by atoms with Gasteiger partial charge >= 0.3 is 5.97 Å². The highest BCUT2D eigenvalue weighted by molar-refractivity contribution is 6.31. The average Bonchev–Trinajstić information content (AvgIpc) is 3.68. The summed E-state index contributed by atoms with van der Waals surface area (Å²) in [6, 6.07) is 12.4. The van der Waals surface area contributed by atoms with Gasteiger partial charge in [0.05, 0.1) is 29.3 Å². The maximum atomic E-state index is 13.5. The fourth-order valence-electron chi connectivity index (χ4n) is 5.17. The summed E-state index contributed by atoms with van der Waals surface area (Å²) in [5, 5.41) is 12.0. The van der Waals surface area contributed by atoms with Crippen molar-refractivity contribution in [2.45, 2.75) is 45.3 Å². The second-order valence-electron chi connectivity index (χ2n) is 10.8. The van der Waals surface area contributed by atoms with E-state index in [0.29, 0.717) is 23.0 Å². The Hall–Kier alpha value is -4.51. The van der Waals surface area contributed by atoms with Gasteiger partial charge in [0.2, 0.25) is 0 Å². The lowest BCUT2D eigenvalue weighted by Crippen LogP contribution is -2.25. The molecular weight excluding hydrogens is 532 g/mol. The molecule has 0 radical (unpaired) electrons. The molecular formula is C28H27ClN8O3. The molecule has 5 heterocycles. The number of aromatic amines is 1. The van der Waals surface area contributed by atoms with Gasteiger partial charge in [-0.1, -0.05) is 11.6 Å². The molecule has 1 aliphatic heterocycles. The van der Waals surface area contributed by atoms with Crippen molar-refractivity contribution in [3.8, 4) is 28.2 Å². The van der Waals surface area contributed by atoms with Crippen LogP contribution in [0.4, 0.5) is 0 Å². The van der Waals surface area contributed by atoms with Gasteiger partial charge in [0.15, 0.2) is 0 Å². The summed E-state index contributed by atoms with van der Waals surface area (Å²) in [6.07, 6.45) is 4.65. The number of hydrogen-bond acceptors (Lipinski definition) is 7. The molecule has 204 valence electrons. The van der Waals surface area contributed by atoms with E-state index in [-0.39, 0.29) is 11.6 Å². The third kappa shape index (κ3) is 4.62. The van der Waals surface area contributed by atoms with Crippen molar-refractivity contribution in [2.24, 2.45) is 7.05 Å². The number of carbonyl (C=O) groups excluding carboxylic acids is 1. The van der Waals surface area contributed by atoms with Gasteiger partial charge in [0.25, 0.3) is 5.56 Å². The summed E-state index contributed by atoms with van der Waals surface area (Å²) in [4.78, 5) is 34.1. The summed E-state index contributed by atoms with van der Waals surface area (Å²) in [5.41, 5.74) is 4.37. The number of fused-ring (bicyclic) bond motifs is 1. The van der Waals surface area contributed by atoms with Crippen molar-refractivity contribution in [1.29, 1.82) is 0 Å². The summed E-state index contributed by atoms with van der Waals surface area (Å²) in [5.74, 6) is 0.289. The molecule has 0 fully saturated rings. The van der Waals surface area contributed by atoms with Crippen LogP contribution in [0.1, 0.15) is 55.2 Å². The number of aryl methyl sites for hydroxylation is 1. The number of esters is 1. The standard InChI is InChI=1S/C28H27ClN8O3/c1-28(2,3)40-27(39)24-10-9-22(35(24)4)20-14-30-26(32-20)23-8-6-18-11-16(12-25(38)37(18)23)19-13-17(29)5-7-21(19)36-15-31-33-34-36/h5,7,9-15,23H,6,8H2,1-4H3,(H,30,32)/t23-/m0/s1. The molecule has 0 bridgehead atoms. The van der Waals surface area contributed by atoms with Crippen LogP contribution in [0.15, 0.2) is 59.8 Å². The maximum absolute atomic E-state index is 13.5. The number of carbonyl (C=O) groups is 1. The molecule has 11 nitrogen and oxygen atoms in total. The van der Waals surface area contributed by atoms with E-state index in [1.807, 2.05) is 46.0 Å². The SMILES string of the molecule is Cn1c(C(=O)OC(C)(C)C)ccc1-c1cnc([C@@H]2CCc3cc(-c4cc(Cl)ccc4-n4cnnn4)cc(=O)n32)[nH]1. The van der Waals surface area contributed by atoms with Crippen molar-refractivity contribution in [1.82, 2.24) is 39.3 Å². The number of hydrogen-bond donors (Lipinski definition) is 1. The number of benzene rings is 1. The fraction of sp³-hybridized carbons (Fsp3) is 0.286. The van der Waals surface area contributed by atoms with Crippen LogP contribution in [0, 0.1) is 0 Å². The quantitative estimate of drug-likeness (QED) is 0.318. The lowest BCUT2D eigenvalue weighted by Gasteiger charge is -2.19. The van der Waals surface area contributed by atoms with Gasteiger partial charge in [-0.25, -0.2) is 9.78 Å². The highest BCUT2D eigenvalue weighted by Crippen LogP contribution is 2.34. The van der Waals surface area contributed by atoms with E-state index in [2.05, 4.69) is 25.5 Å². The van der Waals surface area contributed by atoms with Gasteiger partial charge in [0, 0.05) is 29.4 Å². The number of aromatic nitrogens is 8. The Labute approximate surface area is 234 Å². The minimum atomic E-state index is -0.590.